The summed E-state index contributed by atoms with van der Waals surface area (Å²) in [7, 11) is 0. The summed E-state index contributed by atoms with van der Waals surface area (Å²) < 4.78 is 2.37. The maximum absolute atomic E-state index is 4.68. The average Bonchev–Trinajstić information content (AvgIpc) is 3.02. The summed E-state index contributed by atoms with van der Waals surface area (Å²) in [6.07, 6.45) is 7.52. The monoisotopic (exact) mass is 292 g/mol. The zero-order valence-corrected chi connectivity index (χ0v) is 14.4. The van der Waals surface area contributed by atoms with Gasteiger partial charge in [-0.05, 0) is 47.5 Å². The van der Waals surface area contributed by atoms with Crippen molar-refractivity contribution in [3.63, 3.8) is 0 Å². The molecule has 1 aliphatic carbocycles. The van der Waals surface area contributed by atoms with Crippen LogP contribution in [-0.2, 0) is 0 Å². The Bertz CT molecular complexity index is 422. The topological polar surface area (TPSA) is 33.1 Å². The van der Waals surface area contributed by atoms with Crippen molar-refractivity contribution < 1.29 is 0 Å². The van der Waals surface area contributed by atoms with Crippen LogP contribution < -0.4 is 5.32 Å². The Balaban J connectivity index is 1.93. The van der Waals surface area contributed by atoms with E-state index in [4.69, 9.17) is 0 Å². The number of anilines is 1. The summed E-state index contributed by atoms with van der Waals surface area (Å²) in [6, 6.07) is 1.83. The minimum Gasteiger partial charge on any atom is -0.354 e. The third-order valence-corrected chi connectivity index (χ3v) is 4.55. The minimum atomic E-state index is 0.586. The third-order valence-electron chi connectivity index (χ3n) is 4.55. The fraction of sp³-hybridized carbons (Fsp3) is 0.824. The molecule has 120 valence electrons. The zero-order valence-electron chi connectivity index (χ0n) is 14.4. The first-order chi connectivity index (χ1) is 9.99. The molecular weight excluding hydrogens is 260 g/mol. The van der Waals surface area contributed by atoms with Gasteiger partial charge in [0.1, 0.15) is 0 Å². The Morgan fingerprint density at radius 3 is 2.43 bits per heavy atom. The van der Waals surface area contributed by atoms with Gasteiger partial charge in [0, 0.05) is 37.4 Å². The van der Waals surface area contributed by atoms with Crippen molar-refractivity contribution in [2.45, 2.75) is 78.4 Å². The number of nitrogens with zero attached hydrogens (tertiary/aromatic N) is 3. The van der Waals surface area contributed by atoms with Gasteiger partial charge in [-0.15, -0.1) is 0 Å². The molecule has 1 aromatic rings. The number of hydrogen-bond donors (Lipinski definition) is 1. The molecule has 4 heteroatoms. The highest BCUT2D eigenvalue weighted by Crippen LogP contribution is 2.32. The summed E-state index contributed by atoms with van der Waals surface area (Å²) in [6.45, 7) is 13.2. The van der Waals surface area contributed by atoms with Crippen LogP contribution in [0.25, 0.3) is 0 Å². The molecular formula is C17H32N4. The summed E-state index contributed by atoms with van der Waals surface area (Å²) >= 11 is 0. The van der Waals surface area contributed by atoms with E-state index >= 15 is 0 Å². The highest BCUT2D eigenvalue weighted by molar-refractivity contribution is 5.29. The van der Waals surface area contributed by atoms with Crippen molar-refractivity contribution >= 4 is 5.95 Å². The van der Waals surface area contributed by atoms with E-state index in [1.165, 1.54) is 25.7 Å². The molecule has 1 aliphatic rings. The first-order valence-electron chi connectivity index (χ1n) is 8.54. The lowest BCUT2D eigenvalue weighted by molar-refractivity contribution is 0.182. The molecule has 0 aliphatic heterocycles. The van der Waals surface area contributed by atoms with Crippen molar-refractivity contribution in [1.82, 2.24) is 14.5 Å². The quantitative estimate of drug-likeness (QED) is 0.829. The normalized spacial score (nSPS) is 16.6. The van der Waals surface area contributed by atoms with Gasteiger partial charge < -0.3 is 9.88 Å². The van der Waals surface area contributed by atoms with E-state index in [-0.39, 0.29) is 0 Å². The molecule has 1 aromatic heterocycles. The molecule has 0 spiro atoms. The van der Waals surface area contributed by atoms with Crippen molar-refractivity contribution in [3.8, 4) is 0 Å². The molecule has 0 radical (unpaired) electrons. The molecule has 4 nitrogen and oxygen atoms in total. The predicted molar refractivity (Wildman–Crippen MR) is 89.9 cm³/mol. The van der Waals surface area contributed by atoms with E-state index in [9.17, 15) is 0 Å². The second-order valence-corrected chi connectivity index (χ2v) is 6.90. The minimum absolute atomic E-state index is 0.586. The van der Waals surface area contributed by atoms with E-state index < -0.39 is 0 Å². The molecule has 0 saturated heterocycles. The van der Waals surface area contributed by atoms with Crippen LogP contribution >= 0.6 is 0 Å². The average molecular weight is 292 g/mol. The van der Waals surface area contributed by atoms with Crippen LogP contribution in [0.1, 0.15) is 65.1 Å². The lowest BCUT2D eigenvalue weighted by Crippen LogP contribution is -2.40. The number of aromatic nitrogens is 2. The SMILES string of the molecule is Cc1cn(C2CCCC2)c(NCCN(C(C)C)C(C)C)n1. The van der Waals surface area contributed by atoms with Gasteiger partial charge in [0.25, 0.3) is 0 Å². The van der Waals surface area contributed by atoms with Crippen molar-refractivity contribution in [2.75, 3.05) is 18.4 Å². The van der Waals surface area contributed by atoms with Gasteiger partial charge in [0.15, 0.2) is 0 Å². The zero-order chi connectivity index (χ0) is 15.4. The number of imidazole rings is 1. The Hall–Kier alpha value is -1.03. The largest absolute Gasteiger partial charge is 0.354 e. The van der Waals surface area contributed by atoms with Gasteiger partial charge in [0.05, 0.1) is 5.69 Å². The van der Waals surface area contributed by atoms with E-state index in [2.05, 4.69) is 60.6 Å². The third kappa shape index (κ3) is 4.22. The van der Waals surface area contributed by atoms with E-state index in [1.54, 1.807) is 0 Å². The van der Waals surface area contributed by atoms with Crippen LogP contribution in [0.3, 0.4) is 0 Å². The molecule has 1 heterocycles. The standard InChI is InChI=1S/C17H32N4/c1-13(2)20(14(3)4)11-10-18-17-19-15(5)12-21(17)16-8-6-7-9-16/h12-14,16H,6-11H2,1-5H3,(H,18,19). The van der Waals surface area contributed by atoms with Crippen molar-refractivity contribution in [2.24, 2.45) is 0 Å². The van der Waals surface area contributed by atoms with Gasteiger partial charge in [-0.3, -0.25) is 4.90 Å². The molecule has 0 atom stereocenters. The summed E-state index contributed by atoms with van der Waals surface area (Å²) in [5, 5.41) is 3.56. The van der Waals surface area contributed by atoms with Crippen molar-refractivity contribution in [3.05, 3.63) is 11.9 Å². The van der Waals surface area contributed by atoms with Crippen LogP contribution in [0.4, 0.5) is 5.95 Å². The van der Waals surface area contributed by atoms with Gasteiger partial charge in [0.2, 0.25) is 5.95 Å². The fourth-order valence-electron chi connectivity index (χ4n) is 3.52. The Labute approximate surface area is 129 Å². The lowest BCUT2D eigenvalue weighted by atomic mass is 10.2. The van der Waals surface area contributed by atoms with Crippen LogP contribution in [0, 0.1) is 6.92 Å². The van der Waals surface area contributed by atoms with E-state index in [0.29, 0.717) is 18.1 Å². The highest BCUT2D eigenvalue weighted by Gasteiger charge is 2.20. The van der Waals surface area contributed by atoms with Crippen LogP contribution in [-0.4, -0.2) is 39.6 Å². The predicted octanol–water partition coefficient (Wildman–Crippen LogP) is 3.84. The number of nitrogens with one attached hydrogen (secondary N) is 1. The van der Waals surface area contributed by atoms with Crippen molar-refractivity contribution in [1.29, 1.82) is 0 Å². The molecule has 0 amide bonds. The van der Waals surface area contributed by atoms with E-state index in [1.807, 2.05) is 0 Å². The summed E-state index contributed by atoms with van der Waals surface area (Å²) in [5.41, 5.74) is 1.12. The lowest BCUT2D eigenvalue weighted by Gasteiger charge is -2.30. The Morgan fingerprint density at radius 1 is 1.24 bits per heavy atom. The molecule has 1 saturated carbocycles. The van der Waals surface area contributed by atoms with Gasteiger partial charge in [-0.1, -0.05) is 12.8 Å². The van der Waals surface area contributed by atoms with Gasteiger partial charge in [-0.2, -0.15) is 0 Å². The summed E-state index contributed by atoms with van der Waals surface area (Å²) in [4.78, 5) is 7.19. The number of hydrogen-bond acceptors (Lipinski definition) is 3. The highest BCUT2D eigenvalue weighted by atomic mass is 15.2. The first kappa shape index (κ1) is 16.3. The Morgan fingerprint density at radius 2 is 1.86 bits per heavy atom. The molecule has 1 fully saturated rings. The molecule has 0 bridgehead atoms. The number of aryl methyl sites for hydroxylation is 1. The Kier molecular flexibility index (Phi) is 5.68. The number of rotatable bonds is 7. The smallest absolute Gasteiger partial charge is 0.203 e. The fourth-order valence-corrected chi connectivity index (χ4v) is 3.52. The molecule has 0 unspecified atom stereocenters. The van der Waals surface area contributed by atoms with Gasteiger partial charge >= 0.3 is 0 Å². The molecule has 1 N–H and O–H groups in total. The second-order valence-electron chi connectivity index (χ2n) is 6.90. The first-order valence-corrected chi connectivity index (χ1v) is 8.54. The molecule has 0 aromatic carbocycles. The van der Waals surface area contributed by atoms with E-state index in [0.717, 1.165) is 24.7 Å². The summed E-state index contributed by atoms with van der Waals surface area (Å²) in [5.74, 6) is 1.06. The maximum atomic E-state index is 4.68. The van der Waals surface area contributed by atoms with Crippen LogP contribution in [0.15, 0.2) is 6.20 Å². The molecule has 21 heavy (non-hydrogen) atoms. The second kappa shape index (κ2) is 7.30. The maximum Gasteiger partial charge on any atom is 0.203 e. The van der Waals surface area contributed by atoms with Crippen LogP contribution in [0.5, 0.6) is 0 Å². The molecule has 2 rings (SSSR count). The van der Waals surface area contributed by atoms with Gasteiger partial charge in [-0.25, -0.2) is 4.98 Å². The van der Waals surface area contributed by atoms with Crippen LogP contribution in [0.2, 0.25) is 0 Å².